The zero-order valence-electron chi connectivity index (χ0n) is 8.63. The van der Waals surface area contributed by atoms with Gasteiger partial charge in [-0.3, -0.25) is 0 Å². The van der Waals surface area contributed by atoms with Crippen LogP contribution >= 0.6 is 0 Å². The van der Waals surface area contributed by atoms with Gasteiger partial charge < -0.3 is 10.5 Å². The van der Waals surface area contributed by atoms with E-state index in [1.807, 2.05) is 6.92 Å². The molecule has 82 valence electrons. The molecule has 15 heavy (non-hydrogen) atoms. The molecule has 0 saturated heterocycles. The molecule has 0 unspecified atom stereocenters. The monoisotopic (exact) mass is 211 g/mol. The number of unbranched alkanes of at least 4 members (excludes halogenated alkanes) is 1. The van der Waals surface area contributed by atoms with Gasteiger partial charge in [0.2, 0.25) is 0 Å². The first kappa shape index (κ1) is 11.5. The molecular weight excluding hydrogens is 197 g/mol. The molecule has 0 aliphatic rings. The maximum Gasteiger partial charge on any atom is 0.338 e. The first-order valence-corrected chi connectivity index (χ1v) is 4.87. The Morgan fingerprint density at radius 3 is 2.87 bits per heavy atom. The molecule has 4 heteroatoms. The van der Waals surface area contributed by atoms with Crippen LogP contribution in [0, 0.1) is 5.82 Å². The Balaban J connectivity index is 2.62. The number of nitrogens with two attached hydrogens (primary N) is 1. The van der Waals surface area contributed by atoms with Crippen LogP contribution in [0.4, 0.5) is 10.1 Å². The first-order chi connectivity index (χ1) is 7.15. The first-order valence-electron chi connectivity index (χ1n) is 4.87. The topological polar surface area (TPSA) is 52.3 Å². The van der Waals surface area contributed by atoms with Crippen molar-refractivity contribution in [3.8, 4) is 0 Å². The zero-order chi connectivity index (χ0) is 11.3. The normalized spacial score (nSPS) is 10.0. The maximum absolute atomic E-state index is 12.8. The van der Waals surface area contributed by atoms with E-state index in [4.69, 9.17) is 10.5 Å². The number of rotatable bonds is 4. The van der Waals surface area contributed by atoms with Crippen LogP contribution in [-0.4, -0.2) is 12.6 Å². The van der Waals surface area contributed by atoms with Crippen LogP contribution in [0.15, 0.2) is 18.2 Å². The van der Waals surface area contributed by atoms with E-state index in [0.29, 0.717) is 6.61 Å². The largest absolute Gasteiger partial charge is 0.462 e. The summed E-state index contributed by atoms with van der Waals surface area (Å²) in [6.07, 6.45) is 1.78. The second-order valence-corrected chi connectivity index (χ2v) is 3.23. The second-order valence-electron chi connectivity index (χ2n) is 3.23. The summed E-state index contributed by atoms with van der Waals surface area (Å²) in [6, 6.07) is 3.80. The van der Waals surface area contributed by atoms with E-state index in [9.17, 15) is 9.18 Å². The van der Waals surface area contributed by atoms with Gasteiger partial charge in [0.05, 0.1) is 17.9 Å². The van der Waals surface area contributed by atoms with Crippen molar-refractivity contribution < 1.29 is 13.9 Å². The quantitative estimate of drug-likeness (QED) is 0.472. The maximum atomic E-state index is 12.8. The number of ether oxygens (including phenoxy) is 1. The van der Waals surface area contributed by atoms with Crippen molar-refractivity contribution >= 4 is 11.7 Å². The van der Waals surface area contributed by atoms with Crippen LogP contribution in [0.3, 0.4) is 0 Å². The van der Waals surface area contributed by atoms with Gasteiger partial charge in [0, 0.05) is 0 Å². The highest BCUT2D eigenvalue weighted by Crippen LogP contribution is 2.13. The van der Waals surface area contributed by atoms with Gasteiger partial charge in [0.25, 0.3) is 0 Å². The molecule has 0 bridgehead atoms. The van der Waals surface area contributed by atoms with Crippen molar-refractivity contribution in [3.63, 3.8) is 0 Å². The Hall–Kier alpha value is -1.58. The van der Waals surface area contributed by atoms with Crippen molar-refractivity contribution in [1.29, 1.82) is 0 Å². The number of hydrogen-bond acceptors (Lipinski definition) is 3. The summed E-state index contributed by atoms with van der Waals surface area (Å²) in [5, 5.41) is 0. The SMILES string of the molecule is CCCCOC(=O)c1ccc(F)c(N)c1. The molecule has 0 spiro atoms. The number of carbonyl (C=O) groups excluding carboxylic acids is 1. The number of carbonyl (C=O) groups is 1. The van der Waals surface area contributed by atoms with Crippen molar-refractivity contribution in [2.75, 3.05) is 12.3 Å². The Labute approximate surface area is 88.0 Å². The highest BCUT2D eigenvalue weighted by atomic mass is 19.1. The minimum absolute atomic E-state index is 0.0417. The molecule has 0 fully saturated rings. The molecule has 0 saturated carbocycles. The summed E-state index contributed by atoms with van der Waals surface area (Å²) in [5.41, 5.74) is 5.57. The Morgan fingerprint density at radius 1 is 1.53 bits per heavy atom. The third kappa shape index (κ3) is 3.23. The van der Waals surface area contributed by atoms with E-state index in [-0.39, 0.29) is 11.3 Å². The number of esters is 1. The van der Waals surface area contributed by atoms with Gasteiger partial charge in [-0.15, -0.1) is 0 Å². The lowest BCUT2D eigenvalue weighted by atomic mass is 10.2. The highest BCUT2D eigenvalue weighted by Gasteiger charge is 2.08. The fourth-order valence-electron chi connectivity index (χ4n) is 1.06. The molecule has 0 aliphatic carbocycles. The summed E-state index contributed by atoms with van der Waals surface area (Å²) < 4.78 is 17.7. The average molecular weight is 211 g/mol. The van der Waals surface area contributed by atoms with Crippen LogP contribution in [0.1, 0.15) is 30.1 Å². The second kappa shape index (κ2) is 5.34. The molecule has 0 amide bonds. The smallest absolute Gasteiger partial charge is 0.338 e. The van der Waals surface area contributed by atoms with Gasteiger partial charge in [-0.1, -0.05) is 13.3 Å². The van der Waals surface area contributed by atoms with Crippen LogP contribution in [0.2, 0.25) is 0 Å². The Kier molecular flexibility index (Phi) is 4.09. The summed E-state index contributed by atoms with van der Waals surface area (Å²) in [6.45, 7) is 2.39. The molecule has 2 N–H and O–H groups in total. The molecule has 1 aromatic carbocycles. The molecule has 0 atom stereocenters. The van der Waals surface area contributed by atoms with Gasteiger partial charge in [0.1, 0.15) is 5.82 Å². The number of anilines is 1. The lowest BCUT2D eigenvalue weighted by Gasteiger charge is -2.04. The highest BCUT2D eigenvalue weighted by molar-refractivity contribution is 5.90. The molecule has 0 heterocycles. The predicted molar refractivity (Wildman–Crippen MR) is 56.0 cm³/mol. The third-order valence-corrected chi connectivity index (χ3v) is 1.96. The lowest BCUT2D eigenvalue weighted by molar-refractivity contribution is 0.0500. The van der Waals surface area contributed by atoms with Gasteiger partial charge in [-0.2, -0.15) is 0 Å². The number of benzene rings is 1. The zero-order valence-corrected chi connectivity index (χ0v) is 8.63. The third-order valence-electron chi connectivity index (χ3n) is 1.96. The molecule has 0 aliphatic heterocycles. The van der Waals surface area contributed by atoms with E-state index in [0.717, 1.165) is 18.9 Å². The summed E-state index contributed by atoms with van der Waals surface area (Å²) in [4.78, 5) is 11.4. The minimum atomic E-state index is -0.528. The van der Waals surface area contributed by atoms with E-state index in [1.54, 1.807) is 0 Å². The number of halogens is 1. The van der Waals surface area contributed by atoms with Crippen LogP contribution in [0.25, 0.3) is 0 Å². The summed E-state index contributed by atoms with van der Waals surface area (Å²) in [7, 11) is 0. The average Bonchev–Trinajstić information content (AvgIpc) is 2.22. The minimum Gasteiger partial charge on any atom is -0.462 e. The Morgan fingerprint density at radius 2 is 2.27 bits per heavy atom. The lowest BCUT2D eigenvalue weighted by Crippen LogP contribution is -2.07. The van der Waals surface area contributed by atoms with Gasteiger partial charge in [-0.05, 0) is 24.6 Å². The molecular formula is C11H14FNO2. The van der Waals surface area contributed by atoms with Crippen molar-refractivity contribution in [2.24, 2.45) is 0 Å². The molecule has 3 nitrogen and oxygen atoms in total. The van der Waals surface area contributed by atoms with Crippen LogP contribution < -0.4 is 5.73 Å². The van der Waals surface area contributed by atoms with Crippen LogP contribution in [0.5, 0.6) is 0 Å². The van der Waals surface area contributed by atoms with E-state index in [1.165, 1.54) is 12.1 Å². The van der Waals surface area contributed by atoms with E-state index < -0.39 is 11.8 Å². The molecule has 0 radical (unpaired) electrons. The van der Waals surface area contributed by atoms with Crippen LogP contribution in [-0.2, 0) is 4.74 Å². The molecule has 0 aromatic heterocycles. The molecule has 1 rings (SSSR count). The van der Waals surface area contributed by atoms with E-state index in [2.05, 4.69) is 0 Å². The number of hydrogen-bond donors (Lipinski definition) is 1. The van der Waals surface area contributed by atoms with Gasteiger partial charge in [-0.25, -0.2) is 9.18 Å². The summed E-state index contributed by atoms with van der Waals surface area (Å²) in [5.74, 6) is -0.991. The molecule has 1 aromatic rings. The standard InChI is InChI=1S/C11H14FNO2/c1-2-3-6-15-11(14)8-4-5-9(12)10(13)7-8/h4-5,7H,2-3,6,13H2,1H3. The fourth-order valence-corrected chi connectivity index (χ4v) is 1.06. The van der Waals surface area contributed by atoms with E-state index >= 15 is 0 Å². The van der Waals surface area contributed by atoms with Gasteiger partial charge >= 0.3 is 5.97 Å². The number of nitrogen functional groups attached to an aromatic ring is 1. The van der Waals surface area contributed by atoms with Crippen molar-refractivity contribution in [3.05, 3.63) is 29.6 Å². The van der Waals surface area contributed by atoms with Gasteiger partial charge in [0.15, 0.2) is 0 Å². The van der Waals surface area contributed by atoms with Crippen molar-refractivity contribution in [1.82, 2.24) is 0 Å². The van der Waals surface area contributed by atoms with Crippen molar-refractivity contribution in [2.45, 2.75) is 19.8 Å². The fraction of sp³-hybridized carbons (Fsp3) is 0.364. The summed E-state index contributed by atoms with van der Waals surface area (Å²) >= 11 is 0. The Bertz CT molecular complexity index is 352. The predicted octanol–water partition coefficient (Wildman–Crippen LogP) is 2.36.